The van der Waals surface area contributed by atoms with Crippen LogP contribution in [0.25, 0.3) is 0 Å². The molecule has 1 aliphatic rings. The van der Waals surface area contributed by atoms with Gasteiger partial charge in [0.25, 0.3) is 0 Å². The van der Waals surface area contributed by atoms with Crippen molar-refractivity contribution in [3.63, 3.8) is 0 Å². The lowest BCUT2D eigenvalue weighted by atomic mass is 10.1. The van der Waals surface area contributed by atoms with Crippen LogP contribution in [0.5, 0.6) is 0 Å². The Morgan fingerprint density at radius 1 is 1.50 bits per heavy atom. The van der Waals surface area contributed by atoms with Gasteiger partial charge in [0.1, 0.15) is 5.78 Å². The third-order valence-electron chi connectivity index (χ3n) is 2.85. The van der Waals surface area contributed by atoms with Crippen molar-refractivity contribution in [1.82, 2.24) is 9.80 Å². The first-order chi connectivity index (χ1) is 6.56. The molecule has 0 aromatic heterocycles. The fourth-order valence-electron chi connectivity index (χ4n) is 1.61. The first kappa shape index (κ1) is 11.2. The molecule has 4 heteroatoms. The zero-order valence-electron chi connectivity index (χ0n) is 9.12. The summed E-state index contributed by atoms with van der Waals surface area (Å²) in [5, 5.41) is 0. The summed E-state index contributed by atoms with van der Waals surface area (Å²) >= 11 is 0. The van der Waals surface area contributed by atoms with Crippen molar-refractivity contribution in [3.05, 3.63) is 0 Å². The van der Waals surface area contributed by atoms with Gasteiger partial charge in [-0.05, 0) is 6.92 Å². The lowest BCUT2D eigenvalue weighted by molar-refractivity contribution is -0.137. The molecule has 0 aliphatic carbocycles. The van der Waals surface area contributed by atoms with Crippen LogP contribution in [0, 0.1) is 0 Å². The molecule has 1 rings (SSSR count). The molecule has 0 saturated carbocycles. The molecule has 0 spiro atoms. The number of nitrogens with zero attached hydrogens (tertiary/aromatic N) is 2. The van der Waals surface area contributed by atoms with Gasteiger partial charge in [-0.1, -0.05) is 6.92 Å². The molecule has 0 N–H and O–H groups in total. The Morgan fingerprint density at radius 3 is 2.64 bits per heavy atom. The van der Waals surface area contributed by atoms with E-state index in [-0.39, 0.29) is 17.7 Å². The minimum atomic E-state index is -0.113. The third kappa shape index (κ3) is 2.32. The van der Waals surface area contributed by atoms with Gasteiger partial charge in [0, 0.05) is 26.6 Å². The van der Waals surface area contributed by atoms with Crippen molar-refractivity contribution < 1.29 is 9.59 Å². The minimum Gasteiger partial charge on any atom is -0.343 e. The Bertz CT molecular complexity index is 238. The van der Waals surface area contributed by atoms with Gasteiger partial charge in [-0.3, -0.25) is 14.5 Å². The van der Waals surface area contributed by atoms with Gasteiger partial charge in [-0.2, -0.15) is 0 Å². The van der Waals surface area contributed by atoms with Crippen LogP contribution in [-0.2, 0) is 9.59 Å². The third-order valence-corrected chi connectivity index (χ3v) is 2.85. The molecule has 0 radical (unpaired) electrons. The van der Waals surface area contributed by atoms with E-state index in [9.17, 15) is 9.59 Å². The Morgan fingerprint density at radius 2 is 2.14 bits per heavy atom. The molecule has 0 bridgehead atoms. The Balaban J connectivity index is 2.54. The molecule has 1 atom stereocenters. The molecular formula is C10H18N2O2. The number of rotatable bonds is 3. The predicted molar refractivity (Wildman–Crippen MR) is 54.0 cm³/mol. The number of Topliss-reactive ketones (excluding diaryl/α,β-unsaturated/α-hetero) is 1. The molecule has 1 fully saturated rings. The van der Waals surface area contributed by atoms with E-state index in [4.69, 9.17) is 0 Å². The molecule has 14 heavy (non-hydrogen) atoms. The van der Waals surface area contributed by atoms with Crippen LogP contribution >= 0.6 is 0 Å². The van der Waals surface area contributed by atoms with Gasteiger partial charge in [-0.25, -0.2) is 0 Å². The molecule has 80 valence electrons. The minimum absolute atomic E-state index is 0.104. The van der Waals surface area contributed by atoms with Crippen molar-refractivity contribution in [2.45, 2.75) is 26.3 Å². The summed E-state index contributed by atoms with van der Waals surface area (Å²) in [5.74, 6) is 0.314. The number of carbonyl (C=O) groups excluding carboxylic acids is 2. The monoisotopic (exact) mass is 198 g/mol. The largest absolute Gasteiger partial charge is 0.343 e. The quantitative estimate of drug-likeness (QED) is 0.647. The zero-order chi connectivity index (χ0) is 10.7. The van der Waals surface area contributed by atoms with E-state index in [2.05, 4.69) is 0 Å². The van der Waals surface area contributed by atoms with Gasteiger partial charge < -0.3 is 4.90 Å². The lowest BCUT2D eigenvalue weighted by Crippen LogP contribution is -2.53. The van der Waals surface area contributed by atoms with Crippen molar-refractivity contribution in [3.8, 4) is 0 Å². The van der Waals surface area contributed by atoms with Crippen molar-refractivity contribution in [2.24, 2.45) is 0 Å². The van der Waals surface area contributed by atoms with Crippen molar-refractivity contribution in [1.29, 1.82) is 0 Å². The van der Waals surface area contributed by atoms with Crippen molar-refractivity contribution in [2.75, 3.05) is 26.7 Å². The van der Waals surface area contributed by atoms with Crippen LogP contribution in [0.4, 0.5) is 0 Å². The first-order valence-corrected chi connectivity index (χ1v) is 5.07. The number of carbonyl (C=O) groups is 2. The summed E-state index contributed by atoms with van der Waals surface area (Å²) in [6.45, 7) is 5.64. The predicted octanol–water partition coefficient (Wildman–Crippen LogP) is 0.128. The molecule has 1 heterocycles. The lowest BCUT2D eigenvalue weighted by Gasteiger charge is -2.35. The van der Waals surface area contributed by atoms with Crippen LogP contribution in [0.1, 0.15) is 20.3 Å². The van der Waals surface area contributed by atoms with Crippen LogP contribution in [-0.4, -0.2) is 54.2 Å². The fraction of sp³-hybridized carbons (Fsp3) is 0.800. The molecular weight excluding hydrogens is 180 g/mol. The zero-order valence-corrected chi connectivity index (χ0v) is 9.12. The van der Waals surface area contributed by atoms with E-state index in [0.29, 0.717) is 13.0 Å². The summed E-state index contributed by atoms with van der Waals surface area (Å²) in [5.41, 5.74) is 0. The summed E-state index contributed by atoms with van der Waals surface area (Å²) in [6, 6.07) is -0.113. The van der Waals surface area contributed by atoms with Gasteiger partial charge in [-0.15, -0.1) is 0 Å². The summed E-state index contributed by atoms with van der Waals surface area (Å²) in [6.07, 6.45) is 0.543. The highest BCUT2D eigenvalue weighted by Crippen LogP contribution is 2.07. The van der Waals surface area contributed by atoms with Gasteiger partial charge in [0.2, 0.25) is 5.91 Å². The Kier molecular flexibility index (Phi) is 3.63. The van der Waals surface area contributed by atoms with Crippen LogP contribution in [0.15, 0.2) is 0 Å². The second kappa shape index (κ2) is 4.55. The maximum absolute atomic E-state index is 11.4. The van der Waals surface area contributed by atoms with Crippen LogP contribution in [0.2, 0.25) is 0 Å². The highest BCUT2D eigenvalue weighted by molar-refractivity contribution is 5.85. The van der Waals surface area contributed by atoms with Crippen molar-refractivity contribution >= 4 is 11.7 Å². The molecule has 4 nitrogen and oxygen atoms in total. The Labute approximate surface area is 84.9 Å². The van der Waals surface area contributed by atoms with E-state index in [0.717, 1.165) is 13.1 Å². The molecule has 0 aromatic rings. The maximum atomic E-state index is 11.4. The summed E-state index contributed by atoms with van der Waals surface area (Å²) in [7, 11) is 1.80. The van der Waals surface area contributed by atoms with E-state index in [1.165, 1.54) is 0 Å². The first-order valence-electron chi connectivity index (χ1n) is 5.07. The normalized spacial score (nSPS) is 21.1. The van der Waals surface area contributed by atoms with Gasteiger partial charge in [0.15, 0.2) is 0 Å². The maximum Gasteiger partial charge on any atom is 0.236 e. The SMILES string of the molecule is CCC(=O)C(C)N1CCN(C)C(=O)C1. The number of hydrogen-bond donors (Lipinski definition) is 0. The average molecular weight is 198 g/mol. The number of amides is 1. The fourth-order valence-corrected chi connectivity index (χ4v) is 1.61. The van der Waals surface area contributed by atoms with Crippen LogP contribution in [0.3, 0.4) is 0 Å². The molecule has 1 amide bonds. The Hall–Kier alpha value is -0.900. The van der Waals surface area contributed by atoms with E-state index < -0.39 is 0 Å². The van der Waals surface area contributed by atoms with E-state index >= 15 is 0 Å². The van der Waals surface area contributed by atoms with E-state index in [1.54, 1.807) is 11.9 Å². The van der Waals surface area contributed by atoms with Gasteiger partial charge >= 0.3 is 0 Å². The molecule has 1 unspecified atom stereocenters. The van der Waals surface area contributed by atoms with Gasteiger partial charge in [0.05, 0.1) is 12.6 Å². The topological polar surface area (TPSA) is 40.6 Å². The number of hydrogen-bond acceptors (Lipinski definition) is 3. The average Bonchev–Trinajstić information content (AvgIpc) is 2.20. The standard InChI is InChI=1S/C10H18N2O2/c1-4-9(13)8(2)12-6-5-11(3)10(14)7-12/h8H,4-7H2,1-3H3. The molecule has 0 aromatic carbocycles. The summed E-state index contributed by atoms with van der Waals surface area (Å²) < 4.78 is 0. The number of piperazine rings is 1. The number of ketones is 1. The number of likely N-dealkylation sites (N-methyl/N-ethyl adjacent to an activating group) is 1. The highest BCUT2D eigenvalue weighted by atomic mass is 16.2. The summed E-state index contributed by atoms with van der Waals surface area (Å²) in [4.78, 5) is 26.5. The second-order valence-corrected chi connectivity index (χ2v) is 3.78. The van der Waals surface area contributed by atoms with Crippen LogP contribution < -0.4 is 0 Å². The van der Waals surface area contributed by atoms with E-state index in [1.807, 2.05) is 18.7 Å². The highest BCUT2D eigenvalue weighted by Gasteiger charge is 2.27. The second-order valence-electron chi connectivity index (χ2n) is 3.78. The molecule has 1 saturated heterocycles. The molecule has 1 aliphatic heterocycles. The smallest absolute Gasteiger partial charge is 0.236 e.